The second-order valence-corrected chi connectivity index (χ2v) is 4.14. The second-order valence-electron chi connectivity index (χ2n) is 4.14. The van der Waals surface area contributed by atoms with Crippen LogP contribution in [0.2, 0.25) is 0 Å². The standard InChI is InChI=1S/C14H14O3/c1-9-3-2-4-10(5-9)6-11-7-13(16)14(17)8-12(11)15/h2-5,7-8,15-17H,6H2,1H3. The molecular weight excluding hydrogens is 216 g/mol. The van der Waals surface area contributed by atoms with Crippen molar-refractivity contribution < 1.29 is 15.3 Å². The number of aromatic hydroxyl groups is 3. The van der Waals surface area contributed by atoms with E-state index in [1.807, 2.05) is 31.2 Å². The lowest BCUT2D eigenvalue weighted by molar-refractivity contribution is 0.395. The highest BCUT2D eigenvalue weighted by molar-refractivity contribution is 5.49. The molecule has 0 heterocycles. The van der Waals surface area contributed by atoms with Crippen molar-refractivity contribution >= 4 is 0 Å². The number of hydrogen-bond donors (Lipinski definition) is 3. The monoisotopic (exact) mass is 230 g/mol. The molecule has 0 spiro atoms. The van der Waals surface area contributed by atoms with Gasteiger partial charge in [-0.2, -0.15) is 0 Å². The van der Waals surface area contributed by atoms with Gasteiger partial charge in [0.1, 0.15) is 5.75 Å². The highest BCUT2D eigenvalue weighted by atomic mass is 16.3. The van der Waals surface area contributed by atoms with E-state index in [0.717, 1.165) is 17.2 Å². The van der Waals surface area contributed by atoms with Gasteiger partial charge in [-0.3, -0.25) is 0 Å². The average molecular weight is 230 g/mol. The predicted molar refractivity (Wildman–Crippen MR) is 65.4 cm³/mol. The van der Waals surface area contributed by atoms with Crippen LogP contribution in [0.1, 0.15) is 16.7 Å². The van der Waals surface area contributed by atoms with Gasteiger partial charge in [-0.1, -0.05) is 29.8 Å². The fourth-order valence-corrected chi connectivity index (χ4v) is 1.79. The molecule has 3 heteroatoms. The van der Waals surface area contributed by atoms with Crippen LogP contribution >= 0.6 is 0 Å². The first-order valence-corrected chi connectivity index (χ1v) is 5.35. The van der Waals surface area contributed by atoms with Crippen molar-refractivity contribution in [3.05, 3.63) is 53.1 Å². The Morgan fingerprint density at radius 3 is 2.29 bits per heavy atom. The smallest absolute Gasteiger partial charge is 0.161 e. The molecule has 88 valence electrons. The van der Waals surface area contributed by atoms with Gasteiger partial charge in [0.05, 0.1) is 0 Å². The van der Waals surface area contributed by atoms with E-state index in [-0.39, 0.29) is 17.2 Å². The molecule has 0 amide bonds. The Morgan fingerprint density at radius 1 is 0.882 bits per heavy atom. The molecule has 0 fully saturated rings. The molecule has 0 aliphatic heterocycles. The third-order valence-corrected chi connectivity index (χ3v) is 2.65. The molecule has 2 aromatic carbocycles. The quantitative estimate of drug-likeness (QED) is 0.549. The molecule has 0 radical (unpaired) electrons. The second kappa shape index (κ2) is 4.37. The van der Waals surface area contributed by atoms with Crippen molar-refractivity contribution in [2.24, 2.45) is 0 Å². The number of benzene rings is 2. The van der Waals surface area contributed by atoms with Crippen LogP contribution in [0.4, 0.5) is 0 Å². The topological polar surface area (TPSA) is 60.7 Å². The van der Waals surface area contributed by atoms with Crippen LogP contribution in [0.3, 0.4) is 0 Å². The van der Waals surface area contributed by atoms with Crippen LogP contribution in [0.15, 0.2) is 36.4 Å². The van der Waals surface area contributed by atoms with E-state index in [9.17, 15) is 15.3 Å². The van der Waals surface area contributed by atoms with Crippen LogP contribution in [0, 0.1) is 6.92 Å². The molecule has 0 saturated carbocycles. The van der Waals surface area contributed by atoms with Crippen molar-refractivity contribution in [2.45, 2.75) is 13.3 Å². The van der Waals surface area contributed by atoms with Crippen LogP contribution in [-0.4, -0.2) is 15.3 Å². The first-order valence-electron chi connectivity index (χ1n) is 5.35. The Balaban J connectivity index is 2.33. The van der Waals surface area contributed by atoms with Gasteiger partial charge < -0.3 is 15.3 Å². The Bertz CT molecular complexity index is 547. The minimum atomic E-state index is -0.310. The third-order valence-electron chi connectivity index (χ3n) is 2.65. The molecule has 3 nitrogen and oxygen atoms in total. The molecule has 0 aliphatic rings. The Hall–Kier alpha value is -2.16. The maximum atomic E-state index is 9.68. The van der Waals surface area contributed by atoms with E-state index in [0.29, 0.717) is 12.0 Å². The molecule has 0 atom stereocenters. The SMILES string of the molecule is Cc1cccc(Cc2cc(O)c(O)cc2O)c1. The number of hydrogen-bond acceptors (Lipinski definition) is 3. The van der Waals surface area contributed by atoms with Crippen molar-refractivity contribution in [3.8, 4) is 17.2 Å². The number of phenols is 3. The van der Waals surface area contributed by atoms with E-state index >= 15 is 0 Å². The molecule has 2 aromatic rings. The van der Waals surface area contributed by atoms with Gasteiger partial charge in [0, 0.05) is 18.1 Å². The van der Waals surface area contributed by atoms with E-state index in [4.69, 9.17) is 0 Å². The summed E-state index contributed by atoms with van der Waals surface area (Å²) >= 11 is 0. The zero-order valence-electron chi connectivity index (χ0n) is 9.51. The lowest BCUT2D eigenvalue weighted by Gasteiger charge is -2.07. The summed E-state index contributed by atoms with van der Waals surface area (Å²) in [6.07, 6.45) is 0.515. The Morgan fingerprint density at radius 2 is 1.59 bits per heavy atom. The highest BCUT2D eigenvalue weighted by Gasteiger charge is 2.08. The van der Waals surface area contributed by atoms with Crippen molar-refractivity contribution in [3.63, 3.8) is 0 Å². The normalized spacial score (nSPS) is 10.4. The lowest BCUT2D eigenvalue weighted by Crippen LogP contribution is -1.89. The van der Waals surface area contributed by atoms with Gasteiger partial charge in [0.25, 0.3) is 0 Å². The molecule has 0 aromatic heterocycles. The molecule has 0 saturated heterocycles. The highest BCUT2D eigenvalue weighted by Crippen LogP contribution is 2.33. The summed E-state index contributed by atoms with van der Waals surface area (Å²) in [4.78, 5) is 0. The van der Waals surface area contributed by atoms with Gasteiger partial charge in [0.2, 0.25) is 0 Å². The van der Waals surface area contributed by atoms with Gasteiger partial charge >= 0.3 is 0 Å². The van der Waals surface area contributed by atoms with Gasteiger partial charge in [-0.05, 0) is 18.6 Å². The zero-order chi connectivity index (χ0) is 12.4. The molecular formula is C14H14O3. The first-order chi connectivity index (χ1) is 8.06. The van der Waals surface area contributed by atoms with E-state index in [2.05, 4.69) is 0 Å². The van der Waals surface area contributed by atoms with Gasteiger partial charge in [0.15, 0.2) is 11.5 Å². The Labute approximate surface area is 99.6 Å². The molecule has 2 rings (SSSR count). The minimum Gasteiger partial charge on any atom is -0.508 e. The number of rotatable bonds is 2. The van der Waals surface area contributed by atoms with E-state index in [1.54, 1.807) is 0 Å². The van der Waals surface area contributed by atoms with Crippen molar-refractivity contribution in [1.29, 1.82) is 0 Å². The fourth-order valence-electron chi connectivity index (χ4n) is 1.79. The molecule has 0 aliphatic carbocycles. The zero-order valence-corrected chi connectivity index (χ0v) is 9.51. The summed E-state index contributed by atoms with van der Waals surface area (Å²) in [6.45, 7) is 2.00. The lowest BCUT2D eigenvalue weighted by atomic mass is 10.0. The van der Waals surface area contributed by atoms with Crippen LogP contribution in [0.5, 0.6) is 17.2 Å². The third kappa shape index (κ3) is 2.50. The Kier molecular flexibility index (Phi) is 2.91. The molecule has 17 heavy (non-hydrogen) atoms. The van der Waals surface area contributed by atoms with Crippen LogP contribution in [-0.2, 0) is 6.42 Å². The average Bonchev–Trinajstić information content (AvgIpc) is 2.26. The molecule has 3 N–H and O–H groups in total. The molecule has 0 unspecified atom stereocenters. The summed E-state index contributed by atoms with van der Waals surface area (Å²) in [6, 6.07) is 10.5. The van der Waals surface area contributed by atoms with E-state index in [1.165, 1.54) is 6.07 Å². The van der Waals surface area contributed by atoms with Crippen molar-refractivity contribution in [2.75, 3.05) is 0 Å². The largest absolute Gasteiger partial charge is 0.508 e. The first kappa shape index (κ1) is 11.3. The van der Waals surface area contributed by atoms with Gasteiger partial charge in [-0.25, -0.2) is 0 Å². The number of aryl methyl sites for hydroxylation is 1. The predicted octanol–water partition coefficient (Wildman–Crippen LogP) is 2.70. The summed E-state index contributed by atoms with van der Waals surface area (Å²) in [5.74, 6) is -0.539. The van der Waals surface area contributed by atoms with Crippen molar-refractivity contribution in [1.82, 2.24) is 0 Å². The van der Waals surface area contributed by atoms with Crippen LogP contribution in [0.25, 0.3) is 0 Å². The summed E-state index contributed by atoms with van der Waals surface area (Å²) in [7, 11) is 0. The number of phenolic OH excluding ortho intramolecular Hbond substituents is 3. The maximum Gasteiger partial charge on any atom is 0.161 e. The summed E-state index contributed by atoms with van der Waals surface area (Å²) in [5.41, 5.74) is 2.78. The summed E-state index contributed by atoms with van der Waals surface area (Å²) < 4.78 is 0. The maximum absolute atomic E-state index is 9.68. The molecule has 0 bridgehead atoms. The van der Waals surface area contributed by atoms with Gasteiger partial charge in [-0.15, -0.1) is 0 Å². The summed E-state index contributed by atoms with van der Waals surface area (Å²) in [5, 5.41) is 28.3. The fraction of sp³-hybridized carbons (Fsp3) is 0.143. The minimum absolute atomic E-state index is 0.0122. The van der Waals surface area contributed by atoms with Crippen LogP contribution < -0.4 is 0 Å². The van der Waals surface area contributed by atoms with E-state index < -0.39 is 0 Å².